The second kappa shape index (κ2) is 4.01. The highest BCUT2D eigenvalue weighted by Crippen LogP contribution is 2.33. The molecule has 74 valence electrons. The number of hydrogen-bond donors (Lipinski definition) is 1. The Balaban J connectivity index is 2.73. The predicted octanol–water partition coefficient (Wildman–Crippen LogP) is 3.60. The van der Waals surface area contributed by atoms with Crippen LogP contribution in [0.4, 0.5) is 0 Å². The molecule has 0 spiro atoms. The van der Waals surface area contributed by atoms with Crippen molar-refractivity contribution in [3.63, 3.8) is 0 Å². The molecule has 0 saturated heterocycles. The number of alkyl halides is 1. The minimum atomic E-state index is 0.138. The first-order chi connectivity index (χ1) is 6.76. The Morgan fingerprint density at radius 2 is 2.21 bits per heavy atom. The summed E-state index contributed by atoms with van der Waals surface area (Å²) >= 11 is 5.15. The van der Waals surface area contributed by atoms with Crippen molar-refractivity contribution in [2.75, 3.05) is 0 Å². The minimum Gasteiger partial charge on any atom is -0.391 e. The summed E-state index contributed by atoms with van der Waals surface area (Å²) in [5.41, 5.74) is 2.50. The van der Waals surface area contributed by atoms with Gasteiger partial charge in [-0.1, -0.05) is 28.1 Å². The number of hydrogen-bond acceptors (Lipinski definition) is 2. The molecule has 1 heterocycles. The van der Waals surface area contributed by atoms with Crippen molar-refractivity contribution in [1.82, 2.24) is 0 Å². The van der Waals surface area contributed by atoms with Gasteiger partial charge in [0.25, 0.3) is 0 Å². The lowest BCUT2D eigenvalue weighted by Gasteiger charge is -1.96. The van der Waals surface area contributed by atoms with Crippen LogP contribution in [0.3, 0.4) is 0 Å². The maximum Gasteiger partial charge on any atom is 0.0777 e. The van der Waals surface area contributed by atoms with Crippen molar-refractivity contribution in [1.29, 1.82) is 0 Å². The molecule has 0 radical (unpaired) electrons. The molecule has 0 aliphatic rings. The van der Waals surface area contributed by atoms with Crippen molar-refractivity contribution < 1.29 is 5.11 Å². The Hall–Kier alpha value is -0.380. The van der Waals surface area contributed by atoms with E-state index in [1.54, 1.807) is 11.3 Å². The minimum absolute atomic E-state index is 0.138. The molecule has 14 heavy (non-hydrogen) atoms. The fourth-order valence-electron chi connectivity index (χ4n) is 1.58. The van der Waals surface area contributed by atoms with E-state index in [-0.39, 0.29) is 6.61 Å². The van der Waals surface area contributed by atoms with Gasteiger partial charge in [0, 0.05) is 14.9 Å². The zero-order valence-corrected chi connectivity index (χ0v) is 10.3. The van der Waals surface area contributed by atoms with E-state index in [0.717, 1.165) is 10.2 Å². The standard InChI is InChI=1S/C11H11BrOS/c1-7-2-3-8-9(5-12)11(6-13)14-10(8)4-7/h2-4,13H,5-6H2,1H3. The Morgan fingerprint density at radius 1 is 1.43 bits per heavy atom. The topological polar surface area (TPSA) is 20.2 Å². The van der Waals surface area contributed by atoms with Crippen LogP contribution in [0.25, 0.3) is 10.1 Å². The zero-order valence-electron chi connectivity index (χ0n) is 7.88. The van der Waals surface area contributed by atoms with Gasteiger partial charge in [0.2, 0.25) is 0 Å². The van der Waals surface area contributed by atoms with Gasteiger partial charge in [-0.2, -0.15) is 0 Å². The van der Waals surface area contributed by atoms with E-state index in [1.807, 2.05) is 0 Å². The third-order valence-corrected chi connectivity index (χ3v) is 4.05. The van der Waals surface area contributed by atoms with Crippen molar-refractivity contribution in [2.45, 2.75) is 18.9 Å². The second-order valence-electron chi connectivity index (χ2n) is 3.30. The van der Waals surface area contributed by atoms with Crippen LogP contribution in [0.5, 0.6) is 0 Å². The average Bonchev–Trinajstić information content (AvgIpc) is 2.54. The molecule has 0 saturated carbocycles. The molecular formula is C11H11BrOS. The van der Waals surface area contributed by atoms with Gasteiger partial charge in [-0.25, -0.2) is 0 Å². The quantitative estimate of drug-likeness (QED) is 0.827. The van der Waals surface area contributed by atoms with E-state index in [2.05, 4.69) is 41.1 Å². The molecule has 1 aromatic carbocycles. The van der Waals surface area contributed by atoms with E-state index >= 15 is 0 Å². The molecule has 0 amide bonds. The number of aliphatic hydroxyl groups is 1. The molecule has 1 nitrogen and oxygen atoms in total. The van der Waals surface area contributed by atoms with Crippen molar-refractivity contribution in [3.8, 4) is 0 Å². The SMILES string of the molecule is Cc1ccc2c(CBr)c(CO)sc2c1. The predicted molar refractivity (Wildman–Crippen MR) is 65.1 cm³/mol. The van der Waals surface area contributed by atoms with Gasteiger partial charge in [-0.05, 0) is 29.5 Å². The summed E-state index contributed by atoms with van der Waals surface area (Å²) in [6.07, 6.45) is 0. The number of benzene rings is 1. The molecule has 0 unspecified atom stereocenters. The summed E-state index contributed by atoms with van der Waals surface area (Å²) in [5.74, 6) is 0. The van der Waals surface area contributed by atoms with E-state index in [4.69, 9.17) is 0 Å². The normalized spacial score (nSPS) is 11.1. The molecule has 0 aliphatic carbocycles. The first kappa shape index (κ1) is 10.1. The smallest absolute Gasteiger partial charge is 0.0777 e. The maximum atomic E-state index is 9.21. The largest absolute Gasteiger partial charge is 0.391 e. The average molecular weight is 271 g/mol. The number of fused-ring (bicyclic) bond motifs is 1. The number of aryl methyl sites for hydroxylation is 1. The third kappa shape index (κ3) is 1.60. The molecule has 2 aromatic rings. The number of thiophene rings is 1. The highest BCUT2D eigenvalue weighted by molar-refractivity contribution is 9.08. The highest BCUT2D eigenvalue weighted by Gasteiger charge is 2.09. The lowest BCUT2D eigenvalue weighted by molar-refractivity contribution is 0.285. The fraction of sp³-hybridized carbons (Fsp3) is 0.273. The van der Waals surface area contributed by atoms with Gasteiger partial charge < -0.3 is 5.11 Å². The van der Waals surface area contributed by atoms with Gasteiger partial charge in [0.15, 0.2) is 0 Å². The number of rotatable bonds is 2. The molecule has 0 bridgehead atoms. The molecular weight excluding hydrogens is 260 g/mol. The van der Waals surface area contributed by atoms with Crippen molar-refractivity contribution in [3.05, 3.63) is 34.2 Å². The van der Waals surface area contributed by atoms with Gasteiger partial charge in [0.05, 0.1) is 6.61 Å². The number of halogens is 1. The maximum absolute atomic E-state index is 9.21. The molecule has 1 N–H and O–H groups in total. The molecule has 3 heteroatoms. The Labute approximate surface area is 95.5 Å². The summed E-state index contributed by atoms with van der Waals surface area (Å²) in [6.45, 7) is 2.23. The first-order valence-corrected chi connectivity index (χ1v) is 6.37. The van der Waals surface area contributed by atoms with Gasteiger partial charge in [-0.15, -0.1) is 11.3 Å². The van der Waals surface area contributed by atoms with Crippen LogP contribution in [0.15, 0.2) is 18.2 Å². The Kier molecular flexibility index (Phi) is 2.91. The second-order valence-corrected chi connectivity index (χ2v) is 4.99. The van der Waals surface area contributed by atoms with Crippen LogP contribution in [0.2, 0.25) is 0 Å². The molecule has 0 fully saturated rings. The van der Waals surface area contributed by atoms with Crippen LogP contribution in [0, 0.1) is 6.92 Å². The lowest BCUT2D eigenvalue weighted by atomic mass is 10.1. The Bertz CT molecular complexity index is 462. The molecule has 0 aliphatic heterocycles. The van der Waals surface area contributed by atoms with E-state index in [9.17, 15) is 5.11 Å². The van der Waals surface area contributed by atoms with E-state index in [1.165, 1.54) is 21.2 Å². The highest BCUT2D eigenvalue weighted by atomic mass is 79.9. The van der Waals surface area contributed by atoms with Gasteiger partial charge in [0.1, 0.15) is 0 Å². The fourth-order valence-corrected chi connectivity index (χ4v) is 3.59. The van der Waals surface area contributed by atoms with Gasteiger partial charge >= 0.3 is 0 Å². The van der Waals surface area contributed by atoms with E-state index in [0.29, 0.717) is 0 Å². The van der Waals surface area contributed by atoms with Crippen LogP contribution in [-0.4, -0.2) is 5.11 Å². The summed E-state index contributed by atoms with van der Waals surface area (Å²) in [5, 5.41) is 11.3. The first-order valence-electron chi connectivity index (χ1n) is 4.44. The molecule has 1 aromatic heterocycles. The third-order valence-electron chi connectivity index (χ3n) is 2.31. The van der Waals surface area contributed by atoms with Gasteiger partial charge in [-0.3, -0.25) is 0 Å². The molecule has 2 rings (SSSR count). The van der Waals surface area contributed by atoms with Crippen LogP contribution in [0.1, 0.15) is 16.0 Å². The Morgan fingerprint density at radius 3 is 2.86 bits per heavy atom. The lowest BCUT2D eigenvalue weighted by Crippen LogP contribution is -1.83. The van der Waals surface area contributed by atoms with Crippen LogP contribution in [-0.2, 0) is 11.9 Å². The van der Waals surface area contributed by atoms with Crippen LogP contribution >= 0.6 is 27.3 Å². The summed E-state index contributed by atoms with van der Waals surface area (Å²) in [7, 11) is 0. The summed E-state index contributed by atoms with van der Waals surface area (Å²) in [6, 6.07) is 6.42. The van der Waals surface area contributed by atoms with Crippen molar-refractivity contribution >= 4 is 37.4 Å². The zero-order chi connectivity index (χ0) is 10.1. The van der Waals surface area contributed by atoms with Crippen LogP contribution < -0.4 is 0 Å². The summed E-state index contributed by atoms with van der Waals surface area (Å²) < 4.78 is 1.27. The van der Waals surface area contributed by atoms with Crippen molar-refractivity contribution in [2.24, 2.45) is 0 Å². The number of aliphatic hydroxyl groups excluding tert-OH is 1. The summed E-state index contributed by atoms with van der Waals surface area (Å²) in [4.78, 5) is 1.07. The van der Waals surface area contributed by atoms with E-state index < -0.39 is 0 Å². The molecule has 0 atom stereocenters. The monoisotopic (exact) mass is 270 g/mol.